The van der Waals surface area contributed by atoms with E-state index in [1.165, 1.54) is 51.4 Å². The summed E-state index contributed by atoms with van der Waals surface area (Å²) in [4.78, 5) is 0. The largest absolute Gasteiger partial charge is 0.378 e. The van der Waals surface area contributed by atoms with Crippen LogP contribution in [-0.2, 0) is 4.74 Å². The molecule has 0 radical (unpaired) electrons. The SMILES string of the molecule is C=CCCO[C@H]1CC[C@H]([C@H]2CC[C@H](/C=C/C)CC2)CC1. The summed E-state index contributed by atoms with van der Waals surface area (Å²) in [6, 6.07) is 0. The van der Waals surface area contributed by atoms with Crippen LogP contribution in [0.25, 0.3) is 0 Å². The van der Waals surface area contributed by atoms with Gasteiger partial charge in [-0.15, -0.1) is 6.58 Å². The van der Waals surface area contributed by atoms with Crippen molar-refractivity contribution < 1.29 is 4.74 Å². The fraction of sp³-hybridized carbons (Fsp3) is 0.789. The van der Waals surface area contributed by atoms with E-state index in [-0.39, 0.29) is 0 Å². The van der Waals surface area contributed by atoms with E-state index >= 15 is 0 Å². The minimum atomic E-state index is 0.533. The molecule has 0 bridgehead atoms. The van der Waals surface area contributed by atoms with Gasteiger partial charge in [0.2, 0.25) is 0 Å². The standard InChI is InChI=1S/C19H32O/c1-3-5-15-20-19-13-11-18(12-14-19)17-9-7-16(6-4-2)8-10-17/h3-4,6,16-19H,1,5,7-15H2,2H3/b6-4+/t16-,17-,18-,19-. The zero-order chi connectivity index (χ0) is 14.2. The molecule has 0 atom stereocenters. The van der Waals surface area contributed by atoms with Gasteiger partial charge in [-0.25, -0.2) is 0 Å². The Morgan fingerprint density at radius 2 is 1.55 bits per heavy atom. The number of ether oxygens (including phenoxy) is 1. The molecule has 2 rings (SSSR count). The quantitative estimate of drug-likeness (QED) is 0.458. The third-order valence-corrected chi connectivity index (χ3v) is 5.34. The fourth-order valence-corrected chi connectivity index (χ4v) is 4.13. The van der Waals surface area contributed by atoms with Crippen LogP contribution in [0, 0.1) is 17.8 Å². The van der Waals surface area contributed by atoms with E-state index in [1.807, 2.05) is 6.08 Å². The Kier molecular flexibility index (Phi) is 6.86. The van der Waals surface area contributed by atoms with Crippen molar-refractivity contribution in [2.75, 3.05) is 6.61 Å². The van der Waals surface area contributed by atoms with Gasteiger partial charge >= 0.3 is 0 Å². The molecule has 1 nitrogen and oxygen atoms in total. The van der Waals surface area contributed by atoms with Gasteiger partial charge < -0.3 is 4.74 Å². The van der Waals surface area contributed by atoms with Crippen LogP contribution < -0.4 is 0 Å². The molecule has 0 N–H and O–H groups in total. The Labute approximate surface area is 125 Å². The maximum absolute atomic E-state index is 5.93. The summed E-state index contributed by atoms with van der Waals surface area (Å²) in [5.74, 6) is 2.86. The van der Waals surface area contributed by atoms with Crippen LogP contribution in [0.5, 0.6) is 0 Å². The maximum Gasteiger partial charge on any atom is 0.0575 e. The van der Waals surface area contributed by atoms with E-state index in [9.17, 15) is 0 Å². The molecule has 0 amide bonds. The predicted molar refractivity (Wildman–Crippen MR) is 86.8 cm³/mol. The monoisotopic (exact) mass is 276 g/mol. The Hall–Kier alpha value is -0.560. The Morgan fingerprint density at radius 3 is 2.10 bits per heavy atom. The number of allylic oxidation sites excluding steroid dienone is 2. The van der Waals surface area contributed by atoms with Crippen LogP contribution in [-0.4, -0.2) is 12.7 Å². The van der Waals surface area contributed by atoms with Gasteiger partial charge in [0.25, 0.3) is 0 Å². The first kappa shape index (κ1) is 15.8. The molecule has 0 aliphatic heterocycles. The van der Waals surface area contributed by atoms with Crippen molar-refractivity contribution in [3.63, 3.8) is 0 Å². The lowest BCUT2D eigenvalue weighted by Crippen LogP contribution is -2.28. The van der Waals surface area contributed by atoms with Crippen molar-refractivity contribution in [2.45, 2.75) is 70.8 Å². The normalized spacial score (nSPS) is 35.2. The van der Waals surface area contributed by atoms with E-state index in [0.29, 0.717) is 6.10 Å². The molecule has 2 aliphatic carbocycles. The average molecular weight is 276 g/mol. The van der Waals surface area contributed by atoms with Gasteiger partial charge in [0.05, 0.1) is 12.7 Å². The highest BCUT2D eigenvalue weighted by atomic mass is 16.5. The molecular weight excluding hydrogens is 244 g/mol. The highest BCUT2D eigenvalue weighted by molar-refractivity contribution is 4.90. The summed E-state index contributed by atoms with van der Waals surface area (Å²) in [5, 5.41) is 0. The van der Waals surface area contributed by atoms with Crippen molar-refractivity contribution in [3.05, 3.63) is 24.8 Å². The van der Waals surface area contributed by atoms with Gasteiger partial charge in [-0.05, 0) is 82.5 Å². The Balaban J connectivity index is 1.65. The third-order valence-electron chi connectivity index (χ3n) is 5.34. The van der Waals surface area contributed by atoms with Crippen LogP contribution in [0.15, 0.2) is 24.8 Å². The molecule has 2 saturated carbocycles. The molecule has 2 aliphatic rings. The number of hydrogen-bond donors (Lipinski definition) is 0. The summed E-state index contributed by atoms with van der Waals surface area (Å²) in [6.07, 6.45) is 19.3. The van der Waals surface area contributed by atoms with Crippen LogP contribution in [0.4, 0.5) is 0 Å². The molecule has 0 saturated heterocycles. The van der Waals surface area contributed by atoms with E-state index in [0.717, 1.165) is 30.8 Å². The lowest BCUT2D eigenvalue weighted by atomic mass is 9.70. The van der Waals surface area contributed by atoms with Crippen LogP contribution in [0.1, 0.15) is 64.7 Å². The first-order chi connectivity index (χ1) is 9.83. The molecule has 0 aromatic rings. The molecule has 0 unspecified atom stereocenters. The van der Waals surface area contributed by atoms with E-state index < -0.39 is 0 Å². The van der Waals surface area contributed by atoms with Crippen LogP contribution in [0.2, 0.25) is 0 Å². The highest BCUT2D eigenvalue weighted by Crippen LogP contribution is 2.40. The smallest absolute Gasteiger partial charge is 0.0575 e. The fourth-order valence-electron chi connectivity index (χ4n) is 4.13. The topological polar surface area (TPSA) is 9.23 Å². The number of rotatable bonds is 6. The minimum Gasteiger partial charge on any atom is -0.378 e. The molecule has 2 fully saturated rings. The molecule has 1 heteroatoms. The summed E-state index contributed by atoms with van der Waals surface area (Å²) in [5.41, 5.74) is 0. The highest BCUT2D eigenvalue weighted by Gasteiger charge is 2.30. The summed E-state index contributed by atoms with van der Waals surface area (Å²) >= 11 is 0. The van der Waals surface area contributed by atoms with Crippen LogP contribution in [0.3, 0.4) is 0 Å². The van der Waals surface area contributed by atoms with Crippen molar-refractivity contribution in [3.8, 4) is 0 Å². The first-order valence-corrected chi connectivity index (χ1v) is 8.68. The second-order valence-corrected chi connectivity index (χ2v) is 6.69. The Morgan fingerprint density at radius 1 is 0.950 bits per heavy atom. The molecular formula is C19H32O. The van der Waals surface area contributed by atoms with Gasteiger partial charge in [-0.2, -0.15) is 0 Å². The van der Waals surface area contributed by atoms with Crippen molar-refractivity contribution >= 4 is 0 Å². The molecule has 0 aromatic heterocycles. The van der Waals surface area contributed by atoms with Crippen molar-refractivity contribution in [1.29, 1.82) is 0 Å². The van der Waals surface area contributed by atoms with Gasteiger partial charge in [0, 0.05) is 0 Å². The van der Waals surface area contributed by atoms with Crippen LogP contribution >= 0.6 is 0 Å². The predicted octanol–water partition coefficient (Wildman–Crippen LogP) is 5.52. The van der Waals surface area contributed by atoms with Gasteiger partial charge in [-0.3, -0.25) is 0 Å². The maximum atomic E-state index is 5.93. The Bertz CT molecular complexity index is 291. The summed E-state index contributed by atoms with van der Waals surface area (Å²) in [6.45, 7) is 6.77. The molecule has 0 spiro atoms. The molecule has 0 aromatic carbocycles. The first-order valence-electron chi connectivity index (χ1n) is 8.68. The second kappa shape index (κ2) is 8.67. The lowest BCUT2D eigenvalue weighted by molar-refractivity contribution is 0.00985. The van der Waals surface area contributed by atoms with Gasteiger partial charge in [-0.1, -0.05) is 18.2 Å². The molecule has 20 heavy (non-hydrogen) atoms. The van der Waals surface area contributed by atoms with E-state index in [4.69, 9.17) is 4.74 Å². The van der Waals surface area contributed by atoms with E-state index in [2.05, 4.69) is 25.7 Å². The third kappa shape index (κ3) is 4.77. The zero-order valence-corrected chi connectivity index (χ0v) is 13.2. The summed E-state index contributed by atoms with van der Waals surface area (Å²) in [7, 11) is 0. The van der Waals surface area contributed by atoms with Crippen molar-refractivity contribution in [2.24, 2.45) is 17.8 Å². The number of hydrogen-bond acceptors (Lipinski definition) is 1. The summed E-state index contributed by atoms with van der Waals surface area (Å²) < 4.78 is 5.93. The zero-order valence-electron chi connectivity index (χ0n) is 13.2. The van der Waals surface area contributed by atoms with E-state index in [1.54, 1.807) is 0 Å². The second-order valence-electron chi connectivity index (χ2n) is 6.69. The van der Waals surface area contributed by atoms with Gasteiger partial charge in [0.15, 0.2) is 0 Å². The van der Waals surface area contributed by atoms with Crippen molar-refractivity contribution in [1.82, 2.24) is 0 Å². The molecule has 114 valence electrons. The molecule has 0 heterocycles. The minimum absolute atomic E-state index is 0.533. The lowest BCUT2D eigenvalue weighted by Gasteiger charge is -2.37. The average Bonchev–Trinajstić information content (AvgIpc) is 2.49. The van der Waals surface area contributed by atoms with Gasteiger partial charge in [0.1, 0.15) is 0 Å².